The highest BCUT2D eigenvalue weighted by Gasteiger charge is 2.27. The zero-order chi connectivity index (χ0) is 20.5. The van der Waals surface area contributed by atoms with Crippen molar-refractivity contribution in [2.45, 2.75) is 84.9 Å². The standard InChI is InChI=1S/C26H40NSi/c1-19(2)15-23-17-25(27(4)18-26(23)28(5,6)7)24-14-13-22(16-20(24)3)21-11-9-8-10-12-21/h13-14,16-19,21H,8-12,15H2,1-7H3/q+1. The number of nitrogens with zero attached hydrogens (tertiary/aromatic N) is 1. The Kier molecular flexibility index (Phi) is 6.49. The number of hydrogen-bond acceptors (Lipinski definition) is 0. The Morgan fingerprint density at radius 1 is 1.04 bits per heavy atom. The molecule has 0 aliphatic heterocycles. The summed E-state index contributed by atoms with van der Waals surface area (Å²) in [5.74, 6) is 1.46. The highest BCUT2D eigenvalue weighted by Crippen LogP contribution is 2.34. The van der Waals surface area contributed by atoms with Gasteiger partial charge in [-0.1, -0.05) is 64.9 Å². The summed E-state index contributed by atoms with van der Waals surface area (Å²) in [5.41, 5.74) is 7.32. The minimum absolute atomic E-state index is 0.686. The topological polar surface area (TPSA) is 3.88 Å². The molecule has 1 nitrogen and oxygen atoms in total. The normalized spacial score (nSPS) is 16.0. The molecule has 28 heavy (non-hydrogen) atoms. The van der Waals surface area contributed by atoms with Crippen molar-refractivity contribution in [3.63, 3.8) is 0 Å². The summed E-state index contributed by atoms with van der Waals surface area (Å²) < 4.78 is 2.38. The van der Waals surface area contributed by atoms with Crippen molar-refractivity contribution < 1.29 is 4.57 Å². The Bertz CT molecular complexity index is 823. The molecule has 0 N–H and O–H groups in total. The van der Waals surface area contributed by atoms with Crippen LogP contribution in [0.2, 0.25) is 19.6 Å². The molecule has 1 aromatic carbocycles. The average Bonchev–Trinajstić information content (AvgIpc) is 2.62. The predicted molar refractivity (Wildman–Crippen MR) is 125 cm³/mol. The fourth-order valence-corrected chi connectivity index (χ4v) is 6.63. The lowest BCUT2D eigenvalue weighted by molar-refractivity contribution is -0.659. The molecular formula is C26H40NSi+. The van der Waals surface area contributed by atoms with E-state index in [4.69, 9.17) is 0 Å². The number of hydrogen-bond donors (Lipinski definition) is 0. The first-order valence-corrected chi connectivity index (χ1v) is 14.8. The maximum absolute atomic E-state index is 2.50. The third-order valence-corrected chi connectivity index (χ3v) is 8.47. The van der Waals surface area contributed by atoms with Crippen LogP contribution in [-0.4, -0.2) is 8.07 Å². The molecule has 1 saturated carbocycles. The zero-order valence-corrected chi connectivity index (χ0v) is 20.2. The van der Waals surface area contributed by atoms with Gasteiger partial charge in [0.2, 0.25) is 5.69 Å². The van der Waals surface area contributed by atoms with Crippen LogP contribution in [0.15, 0.2) is 30.5 Å². The third-order valence-electron chi connectivity index (χ3n) is 6.40. The lowest BCUT2D eigenvalue weighted by Crippen LogP contribution is -2.47. The molecule has 0 saturated heterocycles. The molecule has 2 heteroatoms. The molecule has 3 rings (SSSR count). The van der Waals surface area contributed by atoms with Gasteiger partial charge in [-0.15, -0.1) is 0 Å². The maximum atomic E-state index is 2.50. The van der Waals surface area contributed by atoms with Gasteiger partial charge in [0, 0.05) is 16.8 Å². The number of benzene rings is 1. The van der Waals surface area contributed by atoms with E-state index in [1.807, 2.05) is 0 Å². The van der Waals surface area contributed by atoms with Crippen LogP contribution < -0.4 is 9.75 Å². The van der Waals surface area contributed by atoms with Gasteiger partial charge in [0.25, 0.3) is 0 Å². The summed E-state index contributed by atoms with van der Waals surface area (Å²) >= 11 is 0. The second kappa shape index (κ2) is 8.53. The Hall–Kier alpha value is -1.41. The number of aryl methyl sites for hydroxylation is 2. The fourth-order valence-electron chi connectivity index (χ4n) is 4.91. The highest BCUT2D eigenvalue weighted by atomic mass is 28.3. The van der Waals surface area contributed by atoms with Crippen molar-refractivity contribution in [2.24, 2.45) is 13.0 Å². The molecule has 0 radical (unpaired) electrons. The van der Waals surface area contributed by atoms with Gasteiger partial charge in [0.15, 0.2) is 6.20 Å². The number of rotatable bonds is 5. The van der Waals surface area contributed by atoms with E-state index in [-0.39, 0.29) is 0 Å². The van der Waals surface area contributed by atoms with Crippen molar-refractivity contribution >= 4 is 13.3 Å². The Morgan fingerprint density at radius 3 is 2.29 bits per heavy atom. The van der Waals surface area contributed by atoms with Gasteiger partial charge in [-0.2, -0.15) is 0 Å². The largest absolute Gasteiger partial charge is 0.212 e. The van der Waals surface area contributed by atoms with E-state index in [2.05, 4.69) is 82.5 Å². The molecule has 0 spiro atoms. The minimum atomic E-state index is -1.37. The Morgan fingerprint density at radius 2 is 1.71 bits per heavy atom. The van der Waals surface area contributed by atoms with Crippen molar-refractivity contribution in [3.05, 3.63) is 47.2 Å². The smallest absolute Gasteiger partial charge is 0.201 e. The molecule has 2 aromatic rings. The molecule has 152 valence electrons. The molecule has 1 fully saturated rings. The first-order chi connectivity index (χ1) is 13.2. The van der Waals surface area contributed by atoms with Gasteiger partial charge in [-0.3, -0.25) is 0 Å². The summed E-state index contributed by atoms with van der Waals surface area (Å²) in [7, 11) is 0.863. The molecule has 1 heterocycles. The van der Waals surface area contributed by atoms with Crippen molar-refractivity contribution in [2.75, 3.05) is 0 Å². The van der Waals surface area contributed by atoms with E-state index in [1.54, 1.807) is 16.3 Å². The fraction of sp³-hybridized carbons (Fsp3) is 0.577. The molecule has 0 amide bonds. The molecule has 0 unspecified atom stereocenters. The van der Waals surface area contributed by atoms with Crippen molar-refractivity contribution in [1.29, 1.82) is 0 Å². The van der Waals surface area contributed by atoms with Crippen LogP contribution in [0.3, 0.4) is 0 Å². The maximum Gasteiger partial charge on any atom is 0.212 e. The quantitative estimate of drug-likeness (QED) is 0.415. The third kappa shape index (κ3) is 4.76. The van der Waals surface area contributed by atoms with Gasteiger partial charge in [0.05, 0.1) is 8.07 Å². The summed E-state index contributed by atoms with van der Waals surface area (Å²) in [6.45, 7) is 14.4. The van der Waals surface area contributed by atoms with E-state index < -0.39 is 8.07 Å². The zero-order valence-electron chi connectivity index (χ0n) is 19.2. The summed E-state index contributed by atoms with van der Waals surface area (Å²) in [5, 5.41) is 1.61. The van der Waals surface area contributed by atoms with Gasteiger partial charge >= 0.3 is 0 Å². The van der Waals surface area contributed by atoms with E-state index in [1.165, 1.54) is 55.3 Å². The summed E-state index contributed by atoms with van der Waals surface area (Å²) in [6, 6.07) is 9.77. The Labute approximate surface area is 174 Å². The van der Waals surface area contributed by atoms with Crippen molar-refractivity contribution in [3.8, 4) is 11.3 Å². The average molecular weight is 395 g/mol. The molecule has 1 aliphatic carbocycles. The van der Waals surface area contributed by atoms with Crippen LogP contribution >= 0.6 is 0 Å². The van der Waals surface area contributed by atoms with Gasteiger partial charge in [-0.25, -0.2) is 4.57 Å². The van der Waals surface area contributed by atoms with Crippen LogP contribution in [0, 0.1) is 12.8 Å². The minimum Gasteiger partial charge on any atom is -0.201 e. The van der Waals surface area contributed by atoms with Crippen LogP contribution in [-0.2, 0) is 13.5 Å². The van der Waals surface area contributed by atoms with Gasteiger partial charge in [-0.05, 0) is 60.8 Å². The first kappa shape index (κ1) is 21.3. The number of aromatic nitrogens is 1. The van der Waals surface area contributed by atoms with Crippen LogP contribution in [0.4, 0.5) is 0 Å². The molecule has 0 atom stereocenters. The van der Waals surface area contributed by atoms with E-state index in [0.717, 1.165) is 5.92 Å². The van der Waals surface area contributed by atoms with Gasteiger partial charge in [0.1, 0.15) is 7.05 Å². The number of pyridine rings is 1. The van der Waals surface area contributed by atoms with E-state index in [9.17, 15) is 0 Å². The van der Waals surface area contributed by atoms with Gasteiger partial charge < -0.3 is 0 Å². The summed E-state index contributed by atoms with van der Waals surface area (Å²) in [4.78, 5) is 0. The highest BCUT2D eigenvalue weighted by molar-refractivity contribution is 6.88. The van der Waals surface area contributed by atoms with Crippen LogP contribution in [0.5, 0.6) is 0 Å². The lowest BCUT2D eigenvalue weighted by Gasteiger charge is -2.23. The first-order valence-electron chi connectivity index (χ1n) is 11.3. The second-order valence-electron chi connectivity index (χ2n) is 10.5. The Balaban J connectivity index is 2.02. The molecular weight excluding hydrogens is 354 g/mol. The van der Waals surface area contributed by atoms with Crippen LogP contribution in [0.25, 0.3) is 11.3 Å². The second-order valence-corrected chi connectivity index (χ2v) is 15.5. The SMILES string of the molecule is Cc1cc(C2CCCCC2)ccc1-c1cc(CC(C)C)c([Si](C)(C)C)c[n+]1C. The van der Waals surface area contributed by atoms with Crippen molar-refractivity contribution in [1.82, 2.24) is 0 Å². The molecule has 0 bridgehead atoms. The lowest BCUT2D eigenvalue weighted by atomic mass is 9.83. The van der Waals surface area contributed by atoms with E-state index in [0.29, 0.717) is 5.92 Å². The van der Waals surface area contributed by atoms with E-state index >= 15 is 0 Å². The predicted octanol–water partition coefficient (Wildman–Crippen LogP) is 6.28. The molecule has 1 aromatic heterocycles. The monoisotopic (exact) mass is 394 g/mol. The molecule has 1 aliphatic rings. The summed E-state index contributed by atoms with van der Waals surface area (Å²) in [6.07, 6.45) is 10.6. The van der Waals surface area contributed by atoms with Crippen LogP contribution in [0.1, 0.15) is 68.6 Å².